The summed E-state index contributed by atoms with van der Waals surface area (Å²) in [6, 6.07) is 0. The average molecular weight is 189 g/mol. The van der Waals surface area contributed by atoms with Crippen LogP contribution in [0.3, 0.4) is 0 Å². The van der Waals surface area contributed by atoms with Gasteiger partial charge in [-0.3, -0.25) is 0 Å². The third-order valence-electron chi connectivity index (χ3n) is 1.74. The van der Waals surface area contributed by atoms with E-state index in [4.69, 9.17) is 9.84 Å². The molecule has 0 radical (unpaired) electrons. The summed E-state index contributed by atoms with van der Waals surface area (Å²) in [5.41, 5.74) is 0. The number of amides is 1. The van der Waals surface area contributed by atoms with Gasteiger partial charge in [-0.05, 0) is 13.3 Å². The summed E-state index contributed by atoms with van der Waals surface area (Å²) in [7, 11) is 0. The molecule has 0 heterocycles. The molecular formula is C9H19NO3. The van der Waals surface area contributed by atoms with Crippen LogP contribution in [0.2, 0.25) is 0 Å². The molecule has 0 rings (SSSR count). The predicted molar refractivity (Wildman–Crippen MR) is 50.6 cm³/mol. The van der Waals surface area contributed by atoms with E-state index in [0.29, 0.717) is 6.54 Å². The Labute approximate surface area is 79.5 Å². The number of aliphatic hydroxyl groups is 1. The van der Waals surface area contributed by atoms with E-state index >= 15 is 0 Å². The third kappa shape index (κ3) is 5.47. The van der Waals surface area contributed by atoms with Crippen molar-refractivity contribution in [3.63, 3.8) is 0 Å². The summed E-state index contributed by atoms with van der Waals surface area (Å²) < 4.78 is 4.78. The van der Waals surface area contributed by atoms with Crippen molar-refractivity contribution < 1.29 is 14.6 Å². The fourth-order valence-corrected chi connectivity index (χ4v) is 0.952. The molecule has 0 aromatic heterocycles. The van der Waals surface area contributed by atoms with Crippen LogP contribution < -0.4 is 0 Å². The molecule has 0 atom stereocenters. The number of aliphatic hydroxyl groups excluding tert-OH is 1. The van der Waals surface area contributed by atoms with Crippen molar-refractivity contribution in [2.75, 3.05) is 26.3 Å². The lowest BCUT2D eigenvalue weighted by molar-refractivity contribution is 0.0853. The van der Waals surface area contributed by atoms with Crippen LogP contribution in [-0.2, 0) is 4.74 Å². The number of hydrogen-bond donors (Lipinski definition) is 1. The summed E-state index contributed by atoms with van der Waals surface area (Å²) in [5.74, 6) is 0. The quantitative estimate of drug-likeness (QED) is 0.684. The van der Waals surface area contributed by atoms with Gasteiger partial charge in [-0.25, -0.2) is 4.79 Å². The summed E-state index contributed by atoms with van der Waals surface area (Å²) in [5, 5.41) is 8.45. The molecule has 1 N–H and O–H groups in total. The summed E-state index contributed by atoms with van der Waals surface area (Å²) in [4.78, 5) is 12.9. The van der Waals surface area contributed by atoms with E-state index in [2.05, 4.69) is 6.92 Å². The van der Waals surface area contributed by atoms with Crippen molar-refractivity contribution in [3.8, 4) is 0 Å². The first kappa shape index (κ1) is 12.2. The Morgan fingerprint density at radius 2 is 2.15 bits per heavy atom. The number of unbranched alkanes of at least 4 members (excludes halogenated alkanes) is 1. The first-order chi connectivity index (χ1) is 6.26. The molecular weight excluding hydrogens is 170 g/mol. The van der Waals surface area contributed by atoms with Gasteiger partial charge in [-0.1, -0.05) is 13.3 Å². The van der Waals surface area contributed by atoms with Crippen molar-refractivity contribution in [3.05, 3.63) is 0 Å². The highest BCUT2D eigenvalue weighted by Gasteiger charge is 2.10. The molecule has 4 heteroatoms. The van der Waals surface area contributed by atoms with Crippen molar-refractivity contribution in [2.45, 2.75) is 26.7 Å². The smallest absolute Gasteiger partial charge is 0.409 e. The van der Waals surface area contributed by atoms with Crippen LogP contribution >= 0.6 is 0 Å². The van der Waals surface area contributed by atoms with Gasteiger partial charge in [0.05, 0.1) is 6.61 Å². The van der Waals surface area contributed by atoms with Gasteiger partial charge in [0, 0.05) is 13.1 Å². The highest BCUT2D eigenvalue weighted by atomic mass is 16.6. The van der Waals surface area contributed by atoms with E-state index in [-0.39, 0.29) is 19.3 Å². The van der Waals surface area contributed by atoms with Crippen molar-refractivity contribution in [1.29, 1.82) is 0 Å². The standard InChI is InChI=1S/C9H19NO3/c1-3-5-6-10(4-2)9(12)13-8-7-11/h11H,3-8H2,1-2H3. The van der Waals surface area contributed by atoms with E-state index in [0.717, 1.165) is 19.4 Å². The lowest BCUT2D eigenvalue weighted by Gasteiger charge is -2.19. The van der Waals surface area contributed by atoms with Crippen LogP contribution in [0.15, 0.2) is 0 Å². The van der Waals surface area contributed by atoms with Gasteiger partial charge >= 0.3 is 6.09 Å². The fourth-order valence-electron chi connectivity index (χ4n) is 0.952. The first-order valence-corrected chi connectivity index (χ1v) is 4.78. The van der Waals surface area contributed by atoms with Crippen LogP contribution in [0.1, 0.15) is 26.7 Å². The molecule has 0 bridgehead atoms. The van der Waals surface area contributed by atoms with Crippen molar-refractivity contribution in [1.82, 2.24) is 4.90 Å². The molecule has 0 aliphatic rings. The molecule has 0 saturated carbocycles. The topological polar surface area (TPSA) is 49.8 Å². The Kier molecular flexibility index (Phi) is 7.39. The Hall–Kier alpha value is -0.770. The van der Waals surface area contributed by atoms with Gasteiger partial charge in [0.1, 0.15) is 6.61 Å². The van der Waals surface area contributed by atoms with Gasteiger partial charge in [0.25, 0.3) is 0 Å². The van der Waals surface area contributed by atoms with E-state index in [1.54, 1.807) is 4.90 Å². The van der Waals surface area contributed by atoms with Gasteiger partial charge in [0.2, 0.25) is 0 Å². The molecule has 78 valence electrons. The molecule has 4 nitrogen and oxygen atoms in total. The molecule has 0 spiro atoms. The second-order valence-corrected chi connectivity index (χ2v) is 2.77. The molecule has 0 fully saturated rings. The van der Waals surface area contributed by atoms with Crippen molar-refractivity contribution >= 4 is 6.09 Å². The van der Waals surface area contributed by atoms with Crippen LogP contribution in [0.25, 0.3) is 0 Å². The molecule has 0 aromatic carbocycles. The van der Waals surface area contributed by atoms with Crippen LogP contribution in [-0.4, -0.2) is 42.4 Å². The zero-order valence-electron chi connectivity index (χ0n) is 8.45. The molecule has 13 heavy (non-hydrogen) atoms. The Morgan fingerprint density at radius 3 is 2.62 bits per heavy atom. The van der Waals surface area contributed by atoms with Gasteiger partial charge in [-0.15, -0.1) is 0 Å². The van der Waals surface area contributed by atoms with Gasteiger partial charge in [-0.2, -0.15) is 0 Å². The minimum atomic E-state index is -0.329. The number of carbonyl (C=O) groups excluding carboxylic acids is 1. The lowest BCUT2D eigenvalue weighted by Crippen LogP contribution is -2.32. The number of carbonyl (C=O) groups is 1. The number of hydrogen-bond acceptors (Lipinski definition) is 3. The third-order valence-corrected chi connectivity index (χ3v) is 1.74. The van der Waals surface area contributed by atoms with E-state index in [9.17, 15) is 4.79 Å². The lowest BCUT2D eigenvalue weighted by atomic mass is 10.3. The van der Waals surface area contributed by atoms with E-state index in [1.807, 2.05) is 6.92 Å². The van der Waals surface area contributed by atoms with Crippen LogP contribution in [0.4, 0.5) is 4.79 Å². The molecule has 0 aromatic rings. The number of nitrogens with zero attached hydrogens (tertiary/aromatic N) is 1. The maximum atomic E-state index is 11.2. The highest BCUT2D eigenvalue weighted by molar-refractivity contribution is 5.67. The maximum Gasteiger partial charge on any atom is 0.409 e. The number of ether oxygens (including phenoxy) is 1. The van der Waals surface area contributed by atoms with Gasteiger partial charge < -0.3 is 14.7 Å². The fraction of sp³-hybridized carbons (Fsp3) is 0.889. The molecule has 0 unspecified atom stereocenters. The summed E-state index contributed by atoms with van der Waals surface area (Å²) in [6.07, 6.45) is 1.72. The minimum absolute atomic E-state index is 0.0848. The maximum absolute atomic E-state index is 11.2. The van der Waals surface area contributed by atoms with Crippen molar-refractivity contribution in [2.24, 2.45) is 0 Å². The summed E-state index contributed by atoms with van der Waals surface area (Å²) in [6.45, 7) is 5.35. The SMILES string of the molecule is CCCCN(CC)C(=O)OCCO. The second-order valence-electron chi connectivity index (χ2n) is 2.77. The van der Waals surface area contributed by atoms with Crippen LogP contribution in [0.5, 0.6) is 0 Å². The van der Waals surface area contributed by atoms with Gasteiger partial charge in [0.15, 0.2) is 0 Å². The molecule has 0 aliphatic heterocycles. The number of rotatable bonds is 6. The molecule has 0 saturated heterocycles. The zero-order valence-corrected chi connectivity index (χ0v) is 8.45. The molecule has 0 aliphatic carbocycles. The average Bonchev–Trinajstić information content (AvgIpc) is 2.16. The second kappa shape index (κ2) is 7.86. The van der Waals surface area contributed by atoms with Crippen LogP contribution in [0, 0.1) is 0 Å². The normalized spacial score (nSPS) is 9.77. The summed E-state index contributed by atoms with van der Waals surface area (Å²) >= 11 is 0. The Balaban J connectivity index is 3.71. The molecule has 1 amide bonds. The largest absolute Gasteiger partial charge is 0.447 e. The minimum Gasteiger partial charge on any atom is -0.447 e. The van der Waals surface area contributed by atoms with E-state index < -0.39 is 0 Å². The van der Waals surface area contributed by atoms with E-state index in [1.165, 1.54) is 0 Å². The Morgan fingerprint density at radius 1 is 1.46 bits per heavy atom. The monoisotopic (exact) mass is 189 g/mol. The first-order valence-electron chi connectivity index (χ1n) is 4.78. The zero-order chi connectivity index (χ0) is 10.1. The highest BCUT2D eigenvalue weighted by Crippen LogP contribution is 1.97. The predicted octanol–water partition coefficient (Wildman–Crippen LogP) is 1.24. The Bertz CT molecular complexity index is 139.